The van der Waals surface area contributed by atoms with Crippen molar-refractivity contribution in [3.63, 3.8) is 0 Å². The maximum absolute atomic E-state index is 13.9. The number of hydrazine groups is 2. The number of hydrogen-bond donors (Lipinski definition) is 4. The number of nitrogens with one attached hydrogen (secondary N) is 4. The number of halogens is 4. The van der Waals surface area contributed by atoms with E-state index >= 15 is 0 Å². The van der Waals surface area contributed by atoms with Crippen molar-refractivity contribution in [1.29, 1.82) is 10.5 Å². The van der Waals surface area contributed by atoms with Gasteiger partial charge in [0.1, 0.15) is 12.1 Å². The van der Waals surface area contributed by atoms with Crippen LogP contribution in [0.5, 0.6) is 0 Å². The van der Waals surface area contributed by atoms with Crippen molar-refractivity contribution in [3.8, 4) is 12.1 Å². The largest absolute Gasteiger partial charge is 0.413 e. The number of nitrogens with zero attached hydrogens (tertiary/aromatic N) is 4. The van der Waals surface area contributed by atoms with Gasteiger partial charge in [-0.1, -0.05) is 50.6 Å². The second-order valence-electron chi connectivity index (χ2n) is 11.3. The molecule has 0 unspecified atom stereocenters. The predicted octanol–water partition coefficient (Wildman–Crippen LogP) is 6.50. The summed E-state index contributed by atoms with van der Waals surface area (Å²) >= 11 is 6.53. The van der Waals surface area contributed by atoms with Gasteiger partial charge in [-0.2, -0.15) is 23.7 Å². The van der Waals surface area contributed by atoms with Gasteiger partial charge >= 0.3 is 6.18 Å². The standard InChI is InChI=1S/C29H28ClF3N8/c1-27(2,3)16-37-25-18(13-35)14-36-24-17(12-34)10-19(11-21(24)25)38-26(20-6-4-5-7-22(20)30)23-15-41(40-39-23)28(8-9-28)29(31,32)33/h4-7,10-11,14-15,26,38-40H,8-9,16H2,1-3H3,(H,36,37)/t26-/m0/s1/i26D. The van der Waals surface area contributed by atoms with E-state index < -0.39 is 17.7 Å². The maximum Gasteiger partial charge on any atom is 0.413 e. The van der Waals surface area contributed by atoms with E-state index in [9.17, 15) is 25.1 Å². The zero-order valence-corrected chi connectivity index (χ0v) is 23.3. The van der Waals surface area contributed by atoms with Crippen molar-refractivity contribution in [2.75, 3.05) is 17.2 Å². The summed E-state index contributed by atoms with van der Waals surface area (Å²) in [6.07, 6.45) is -2.04. The summed E-state index contributed by atoms with van der Waals surface area (Å²) in [6, 6.07) is 12.0. The molecule has 2 aliphatic rings. The van der Waals surface area contributed by atoms with Gasteiger partial charge in [0.25, 0.3) is 0 Å². The van der Waals surface area contributed by atoms with Crippen LogP contribution in [0.3, 0.4) is 0 Å². The van der Waals surface area contributed by atoms with Crippen LogP contribution in [0.15, 0.2) is 54.5 Å². The molecule has 3 aromatic rings. The third kappa shape index (κ3) is 5.43. The Morgan fingerprint density at radius 3 is 2.49 bits per heavy atom. The first-order chi connectivity index (χ1) is 19.7. The Balaban J connectivity index is 1.65. The predicted molar refractivity (Wildman–Crippen MR) is 151 cm³/mol. The molecule has 0 amide bonds. The highest BCUT2D eigenvalue weighted by Crippen LogP contribution is 2.54. The van der Waals surface area contributed by atoms with Gasteiger partial charge in [-0.3, -0.25) is 9.99 Å². The molecule has 8 nitrogen and oxygen atoms in total. The fourth-order valence-corrected chi connectivity index (χ4v) is 4.86. The van der Waals surface area contributed by atoms with Crippen LogP contribution in [0.2, 0.25) is 5.02 Å². The monoisotopic (exact) mass is 581 g/mol. The quantitative estimate of drug-likeness (QED) is 0.250. The minimum atomic E-state index is -4.49. The summed E-state index contributed by atoms with van der Waals surface area (Å²) in [4.78, 5) is 4.35. The number of hydrogen-bond acceptors (Lipinski definition) is 8. The molecule has 1 aliphatic heterocycles. The first kappa shape index (κ1) is 27.0. The van der Waals surface area contributed by atoms with Crippen LogP contribution >= 0.6 is 11.6 Å². The molecule has 0 bridgehead atoms. The van der Waals surface area contributed by atoms with Gasteiger partial charge in [0.15, 0.2) is 5.54 Å². The third-order valence-electron chi connectivity index (χ3n) is 6.97. The maximum atomic E-state index is 13.9. The summed E-state index contributed by atoms with van der Waals surface area (Å²) in [5, 5.41) is 27.8. The summed E-state index contributed by atoms with van der Waals surface area (Å²) in [7, 11) is 0. The van der Waals surface area contributed by atoms with Crippen LogP contribution in [-0.4, -0.2) is 28.3 Å². The lowest BCUT2D eigenvalue weighted by Gasteiger charge is -2.28. The van der Waals surface area contributed by atoms with E-state index in [1.165, 1.54) is 18.5 Å². The molecule has 0 saturated heterocycles. The molecule has 0 spiro atoms. The number of nitriles is 2. The first-order valence-electron chi connectivity index (χ1n) is 13.4. The summed E-state index contributed by atoms with van der Waals surface area (Å²) in [5.74, 6) is 0. The number of pyridine rings is 1. The second-order valence-corrected chi connectivity index (χ2v) is 11.7. The lowest BCUT2D eigenvalue weighted by Crippen LogP contribution is -2.52. The molecule has 5 rings (SSSR count). The Hall–Kier alpha value is -4.19. The second kappa shape index (κ2) is 10.3. The van der Waals surface area contributed by atoms with E-state index in [-0.39, 0.29) is 45.7 Å². The van der Waals surface area contributed by atoms with Gasteiger partial charge < -0.3 is 16.1 Å². The number of anilines is 2. The van der Waals surface area contributed by atoms with Crippen LogP contribution in [-0.2, 0) is 0 Å². The lowest BCUT2D eigenvalue weighted by molar-refractivity contribution is -0.195. The van der Waals surface area contributed by atoms with Gasteiger partial charge in [-0.15, -0.1) is 5.53 Å². The summed E-state index contributed by atoms with van der Waals surface area (Å²) in [5.41, 5.74) is 5.01. The number of fused-ring (bicyclic) bond motifs is 1. The third-order valence-corrected chi connectivity index (χ3v) is 7.30. The number of aromatic nitrogens is 1. The SMILES string of the molecule is [2H][C@@](Nc1cc(C#N)c2ncc(C#N)c(NCC(C)(C)C)c2c1)(C1=CN(C2(C(F)(F)F)CC2)NN1)c1ccccc1Cl. The van der Waals surface area contributed by atoms with Crippen LogP contribution in [0.25, 0.3) is 10.9 Å². The van der Waals surface area contributed by atoms with Crippen molar-refractivity contribution >= 4 is 33.9 Å². The van der Waals surface area contributed by atoms with Gasteiger partial charge in [0, 0.05) is 35.0 Å². The van der Waals surface area contributed by atoms with Crippen molar-refractivity contribution in [2.24, 2.45) is 5.41 Å². The molecule has 1 aliphatic carbocycles. The van der Waals surface area contributed by atoms with Crippen LogP contribution < -0.4 is 21.6 Å². The summed E-state index contributed by atoms with van der Waals surface area (Å²) < 4.78 is 51.3. The molecule has 0 radical (unpaired) electrons. The molecule has 2 aromatic carbocycles. The van der Waals surface area contributed by atoms with Gasteiger partial charge in [0.2, 0.25) is 0 Å². The van der Waals surface area contributed by atoms with Crippen molar-refractivity contribution in [1.82, 2.24) is 21.0 Å². The molecule has 1 aromatic heterocycles. The van der Waals surface area contributed by atoms with E-state index in [0.29, 0.717) is 28.8 Å². The number of alkyl halides is 3. The smallest absolute Gasteiger partial charge is 0.383 e. The van der Waals surface area contributed by atoms with E-state index in [1.54, 1.807) is 30.3 Å². The van der Waals surface area contributed by atoms with Gasteiger partial charge in [0.05, 0.1) is 35.4 Å². The molecule has 12 heteroatoms. The zero-order valence-electron chi connectivity index (χ0n) is 23.5. The summed E-state index contributed by atoms with van der Waals surface area (Å²) in [6.45, 7) is 6.61. The van der Waals surface area contributed by atoms with E-state index in [2.05, 4.69) is 38.7 Å². The first-order valence-corrected chi connectivity index (χ1v) is 13.2. The topological polar surface area (TPSA) is 112 Å². The fraction of sp³-hybridized carbons (Fsp3) is 0.345. The van der Waals surface area contributed by atoms with Crippen LogP contribution in [0.1, 0.15) is 57.7 Å². The van der Waals surface area contributed by atoms with E-state index in [4.69, 9.17) is 11.6 Å². The molecule has 41 heavy (non-hydrogen) atoms. The Labute approximate surface area is 242 Å². The highest BCUT2D eigenvalue weighted by Gasteiger charge is 2.67. The van der Waals surface area contributed by atoms with Crippen molar-refractivity contribution < 1.29 is 14.5 Å². The zero-order chi connectivity index (χ0) is 30.5. The normalized spacial score (nSPS) is 17.9. The Bertz CT molecular complexity index is 1670. The highest BCUT2D eigenvalue weighted by molar-refractivity contribution is 6.31. The Kier molecular flexibility index (Phi) is 6.80. The average Bonchev–Trinajstić information content (AvgIpc) is 3.60. The number of rotatable bonds is 7. The van der Waals surface area contributed by atoms with Crippen molar-refractivity contribution in [2.45, 2.75) is 51.3 Å². The molecule has 4 N–H and O–H groups in total. The molecule has 1 fully saturated rings. The molecule has 212 valence electrons. The minimum absolute atomic E-state index is 0.0553. The van der Waals surface area contributed by atoms with Crippen LogP contribution in [0, 0.1) is 28.1 Å². The molecular formula is C29H28ClF3N8. The Morgan fingerprint density at radius 2 is 1.88 bits per heavy atom. The van der Waals surface area contributed by atoms with Gasteiger partial charge in [-0.25, -0.2) is 0 Å². The molecular weight excluding hydrogens is 553 g/mol. The van der Waals surface area contributed by atoms with Gasteiger partial charge in [-0.05, 0) is 42.0 Å². The average molecular weight is 582 g/mol. The highest BCUT2D eigenvalue weighted by atomic mass is 35.5. The fourth-order valence-electron chi connectivity index (χ4n) is 4.63. The number of benzene rings is 2. The Morgan fingerprint density at radius 1 is 1.17 bits per heavy atom. The molecule has 1 atom stereocenters. The van der Waals surface area contributed by atoms with Crippen molar-refractivity contribution in [3.05, 3.63) is 76.2 Å². The molecule has 1 saturated carbocycles. The van der Waals surface area contributed by atoms with E-state index in [0.717, 1.165) is 5.01 Å². The lowest BCUT2D eigenvalue weighted by atomic mass is 9.96. The van der Waals surface area contributed by atoms with Crippen LogP contribution in [0.4, 0.5) is 24.5 Å². The van der Waals surface area contributed by atoms with E-state index in [1.807, 2.05) is 20.8 Å². The minimum Gasteiger partial charge on any atom is -0.383 e. The molecule has 2 heterocycles.